The molecule has 0 aliphatic carbocycles. The second-order valence-electron chi connectivity index (χ2n) is 7.24. The molecule has 0 spiro atoms. The molecule has 1 N–H and O–H groups in total. The third-order valence-electron chi connectivity index (χ3n) is 5.31. The summed E-state index contributed by atoms with van der Waals surface area (Å²) in [6.07, 6.45) is 6.16. The van der Waals surface area contributed by atoms with Crippen LogP contribution in [0, 0.1) is 5.41 Å². The van der Waals surface area contributed by atoms with E-state index in [0.29, 0.717) is 25.2 Å². The fourth-order valence-corrected chi connectivity index (χ4v) is 4.62. The summed E-state index contributed by atoms with van der Waals surface area (Å²) < 4.78 is 7.18. The summed E-state index contributed by atoms with van der Waals surface area (Å²) in [7, 11) is 1.65. The molecule has 0 bridgehead atoms. The van der Waals surface area contributed by atoms with Crippen LogP contribution in [0.2, 0.25) is 0 Å². The van der Waals surface area contributed by atoms with Crippen molar-refractivity contribution < 1.29 is 14.6 Å². The Morgan fingerprint density at radius 3 is 3.11 bits per heavy atom. The van der Waals surface area contributed by atoms with Gasteiger partial charge >= 0.3 is 0 Å². The number of imidazole rings is 1. The molecule has 1 amide bonds. The fraction of sp³-hybridized carbons (Fsp3) is 0.400. The second-order valence-corrected chi connectivity index (χ2v) is 8.11. The Bertz CT molecular complexity index is 922. The molecule has 7 heteroatoms. The molecule has 27 heavy (non-hydrogen) atoms. The number of hydrogen-bond donors (Lipinski definition) is 1. The largest absolute Gasteiger partial charge is 0.497 e. The number of aliphatic hydroxyl groups is 1. The molecule has 0 saturated carbocycles. The van der Waals surface area contributed by atoms with Crippen LogP contribution in [0.3, 0.4) is 0 Å². The normalized spacial score (nSPS) is 20.1. The zero-order valence-electron chi connectivity index (χ0n) is 15.3. The van der Waals surface area contributed by atoms with Crippen molar-refractivity contribution in [2.75, 3.05) is 26.8 Å². The summed E-state index contributed by atoms with van der Waals surface area (Å²) >= 11 is 1.51. The Balaban J connectivity index is 1.53. The molecule has 3 heterocycles. The number of piperidine rings is 1. The molecule has 1 saturated heterocycles. The molecule has 4 rings (SSSR count). The van der Waals surface area contributed by atoms with Crippen molar-refractivity contribution in [3.63, 3.8) is 0 Å². The zero-order chi connectivity index (χ0) is 18.9. The third-order valence-corrected chi connectivity index (χ3v) is 6.08. The van der Waals surface area contributed by atoms with Crippen LogP contribution >= 0.6 is 11.3 Å². The summed E-state index contributed by atoms with van der Waals surface area (Å²) in [5, 5.41) is 12.1. The van der Waals surface area contributed by atoms with Gasteiger partial charge in [0.1, 0.15) is 11.4 Å². The maximum Gasteiger partial charge on any atom is 0.274 e. The van der Waals surface area contributed by atoms with E-state index in [-0.39, 0.29) is 17.9 Å². The number of carbonyl (C=O) groups excluding carboxylic acids is 1. The number of carbonyl (C=O) groups is 1. The lowest BCUT2D eigenvalue weighted by Gasteiger charge is -2.41. The molecule has 1 atom stereocenters. The number of methoxy groups -OCH3 is 1. The van der Waals surface area contributed by atoms with Gasteiger partial charge in [0, 0.05) is 36.3 Å². The van der Waals surface area contributed by atoms with Crippen LogP contribution in [0.5, 0.6) is 5.75 Å². The van der Waals surface area contributed by atoms with Gasteiger partial charge in [0.05, 0.1) is 13.7 Å². The van der Waals surface area contributed by atoms with E-state index in [4.69, 9.17) is 4.74 Å². The Kier molecular flexibility index (Phi) is 4.88. The van der Waals surface area contributed by atoms with E-state index in [9.17, 15) is 9.90 Å². The molecule has 6 nitrogen and oxygen atoms in total. The fourth-order valence-electron chi connectivity index (χ4n) is 3.92. The van der Waals surface area contributed by atoms with Crippen LogP contribution in [0.1, 0.15) is 28.9 Å². The maximum atomic E-state index is 13.0. The average Bonchev–Trinajstić information content (AvgIpc) is 3.30. The molecule has 0 radical (unpaired) electrons. The van der Waals surface area contributed by atoms with Crippen LogP contribution in [0.15, 0.2) is 42.0 Å². The van der Waals surface area contributed by atoms with Gasteiger partial charge in [0.2, 0.25) is 0 Å². The minimum Gasteiger partial charge on any atom is -0.497 e. The predicted molar refractivity (Wildman–Crippen MR) is 104 cm³/mol. The standard InChI is InChI=1S/C20H23N3O3S/c1-26-16-5-2-4-15(10-16)11-20(14-24)6-3-7-23(13-20)18(25)17-12-22-8-9-27-19(22)21-17/h2,4-5,8-10,12,24H,3,6-7,11,13-14H2,1H3/t20-/m1/s1. The van der Waals surface area contributed by atoms with Crippen LogP contribution in [0.25, 0.3) is 4.96 Å². The van der Waals surface area contributed by atoms with Crippen molar-refractivity contribution in [3.05, 3.63) is 53.3 Å². The summed E-state index contributed by atoms with van der Waals surface area (Å²) in [6.45, 7) is 1.28. The maximum absolute atomic E-state index is 13.0. The number of amides is 1. The molecular formula is C20H23N3O3S. The van der Waals surface area contributed by atoms with E-state index in [1.807, 2.05) is 45.1 Å². The van der Waals surface area contributed by atoms with Gasteiger partial charge in [-0.25, -0.2) is 4.98 Å². The van der Waals surface area contributed by atoms with E-state index in [1.54, 1.807) is 13.3 Å². The number of likely N-dealkylation sites (tertiary alicyclic amines) is 1. The van der Waals surface area contributed by atoms with Gasteiger partial charge in [0.25, 0.3) is 5.91 Å². The summed E-state index contributed by atoms with van der Waals surface area (Å²) in [6, 6.07) is 7.92. The number of rotatable bonds is 5. The monoisotopic (exact) mass is 385 g/mol. The number of aromatic nitrogens is 2. The van der Waals surface area contributed by atoms with Gasteiger partial charge in [-0.05, 0) is 37.0 Å². The molecule has 1 fully saturated rings. The number of aliphatic hydroxyl groups excluding tert-OH is 1. The molecule has 1 aliphatic heterocycles. The van der Waals surface area contributed by atoms with E-state index < -0.39 is 0 Å². The highest BCUT2D eigenvalue weighted by Crippen LogP contribution is 2.34. The minimum atomic E-state index is -0.336. The molecule has 142 valence electrons. The summed E-state index contributed by atoms with van der Waals surface area (Å²) in [5.74, 6) is 0.747. The predicted octanol–water partition coefficient (Wildman–Crippen LogP) is 2.86. The van der Waals surface area contributed by atoms with Crippen molar-refractivity contribution in [1.29, 1.82) is 0 Å². The highest BCUT2D eigenvalue weighted by atomic mass is 32.1. The minimum absolute atomic E-state index is 0.0479. The van der Waals surface area contributed by atoms with Crippen molar-refractivity contribution in [1.82, 2.24) is 14.3 Å². The Morgan fingerprint density at radius 1 is 1.44 bits per heavy atom. The first-order chi connectivity index (χ1) is 13.1. The number of hydrogen-bond acceptors (Lipinski definition) is 5. The lowest BCUT2D eigenvalue weighted by Crippen LogP contribution is -2.49. The van der Waals surface area contributed by atoms with E-state index >= 15 is 0 Å². The van der Waals surface area contributed by atoms with Gasteiger partial charge < -0.3 is 14.7 Å². The molecule has 2 aromatic heterocycles. The lowest BCUT2D eigenvalue weighted by molar-refractivity contribution is 0.0268. The van der Waals surface area contributed by atoms with Crippen molar-refractivity contribution in [2.24, 2.45) is 5.41 Å². The van der Waals surface area contributed by atoms with Crippen LogP contribution < -0.4 is 4.74 Å². The van der Waals surface area contributed by atoms with Gasteiger partial charge in [-0.3, -0.25) is 9.20 Å². The van der Waals surface area contributed by atoms with Gasteiger partial charge in [-0.15, -0.1) is 11.3 Å². The van der Waals surface area contributed by atoms with E-state index in [2.05, 4.69) is 4.98 Å². The van der Waals surface area contributed by atoms with Gasteiger partial charge in [-0.1, -0.05) is 12.1 Å². The lowest BCUT2D eigenvalue weighted by atomic mass is 9.75. The SMILES string of the molecule is COc1cccc(C[C@]2(CO)CCCN(C(=O)c3cn4ccsc4n3)C2)c1. The third kappa shape index (κ3) is 3.57. The number of thiazole rings is 1. The van der Waals surface area contributed by atoms with E-state index in [1.165, 1.54) is 11.3 Å². The molecular weight excluding hydrogens is 362 g/mol. The first-order valence-corrected chi connectivity index (χ1v) is 9.96. The Labute approximate surface area is 162 Å². The highest BCUT2D eigenvalue weighted by molar-refractivity contribution is 7.15. The van der Waals surface area contributed by atoms with Crippen molar-refractivity contribution in [2.45, 2.75) is 19.3 Å². The molecule has 1 aliphatic rings. The number of ether oxygens (including phenoxy) is 1. The quantitative estimate of drug-likeness (QED) is 0.733. The average molecular weight is 385 g/mol. The van der Waals surface area contributed by atoms with E-state index in [0.717, 1.165) is 29.1 Å². The van der Waals surface area contributed by atoms with Crippen LogP contribution in [-0.2, 0) is 6.42 Å². The number of benzene rings is 1. The van der Waals surface area contributed by atoms with Crippen molar-refractivity contribution >= 4 is 22.2 Å². The number of nitrogens with zero attached hydrogens (tertiary/aromatic N) is 3. The second kappa shape index (κ2) is 7.32. The van der Waals surface area contributed by atoms with Crippen molar-refractivity contribution in [3.8, 4) is 5.75 Å². The first-order valence-electron chi connectivity index (χ1n) is 9.08. The molecule has 3 aromatic rings. The molecule has 1 aromatic carbocycles. The summed E-state index contributed by atoms with van der Waals surface area (Å²) in [5.41, 5.74) is 1.24. The van der Waals surface area contributed by atoms with Crippen LogP contribution in [-0.4, -0.2) is 52.1 Å². The number of fused-ring (bicyclic) bond motifs is 1. The zero-order valence-corrected chi connectivity index (χ0v) is 16.1. The topological polar surface area (TPSA) is 67.1 Å². The Morgan fingerprint density at radius 2 is 2.33 bits per heavy atom. The van der Waals surface area contributed by atoms with Crippen LogP contribution in [0.4, 0.5) is 0 Å². The van der Waals surface area contributed by atoms with Gasteiger partial charge in [0.15, 0.2) is 4.96 Å². The summed E-state index contributed by atoms with van der Waals surface area (Å²) in [4.78, 5) is 20.1. The molecule has 0 unspecified atom stereocenters. The van der Waals surface area contributed by atoms with Gasteiger partial charge in [-0.2, -0.15) is 0 Å². The highest BCUT2D eigenvalue weighted by Gasteiger charge is 2.37. The Hall–Kier alpha value is -2.38. The smallest absolute Gasteiger partial charge is 0.274 e. The first kappa shape index (κ1) is 18.0.